The molecule has 3 atom stereocenters. The van der Waals surface area contributed by atoms with E-state index in [4.69, 9.17) is 4.11 Å². The van der Waals surface area contributed by atoms with Crippen LogP contribution in [0.1, 0.15) is 29.4 Å². The summed E-state index contributed by atoms with van der Waals surface area (Å²) in [6.07, 6.45) is -4.74. The molecule has 0 saturated heterocycles. The molecule has 8 heteroatoms. The lowest BCUT2D eigenvalue weighted by molar-refractivity contribution is -0.185. The predicted octanol–water partition coefficient (Wildman–Crippen LogP) is 3.98. The molecule has 1 rings (SSSR count). The maximum atomic E-state index is 13.5. The van der Waals surface area contributed by atoms with Gasteiger partial charge in [0, 0.05) is 11.6 Å². The van der Waals surface area contributed by atoms with Crippen LogP contribution in [0.5, 0.6) is 5.75 Å². The number of rotatable bonds is 5. The number of alkyl halides is 3. The highest BCUT2D eigenvalue weighted by Crippen LogP contribution is 2.42. The van der Waals surface area contributed by atoms with Gasteiger partial charge in [0.05, 0.1) is 23.0 Å². The fraction of sp³-hybridized carbons (Fsp3) is 0.500. The molecule has 0 aromatic heterocycles. The highest BCUT2D eigenvalue weighted by molar-refractivity contribution is 5.77. The van der Waals surface area contributed by atoms with E-state index < -0.39 is 59.9 Å². The smallest absolute Gasteiger partial charge is 0.391 e. The van der Waals surface area contributed by atoms with Crippen molar-refractivity contribution in [2.45, 2.75) is 25.9 Å². The van der Waals surface area contributed by atoms with E-state index in [1.807, 2.05) is 0 Å². The molecule has 0 aliphatic heterocycles. The van der Waals surface area contributed by atoms with Gasteiger partial charge in [-0.15, -0.1) is 0 Å². The summed E-state index contributed by atoms with van der Waals surface area (Å²) in [6.45, 7) is 1.71. The topological polar surface area (TPSA) is 46.5 Å². The minimum Gasteiger partial charge on any atom is -0.496 e. The molecular weight excluding hydrogens is 311 g/mol. The summed E-state index contributed by atoms with van der Waals surface area (Å²) in [4.78, 5) is 11.5. The van der Waals surface area contributed by atoms with Gasteiger partial charge in [0.15, 0.2) is 11.6 Å². The number of carboxylic acid groups (broad SMARTS) is 1. The van der Waals surface area contributed by atoms with Gasteiger partial charge in [0.2, 0.25) is 0 Å². The standard InChI is InChI=1S/C14H15F5O3/c1-6(7(2)14(17,18)19)12(13(20)21)8-4-9(15)10(16)5-11(8)22-3/h4-7,12H,1-3H3,(H,20,21)/t6-,7-,12+/m1/s1/i3D3. The first kappa shape index (κ1) is 13.8. The SMILES string of the molecule is [2H]C([2H])([2H])Oc1cc(F)c(F)cc1[C@@H](C(=O)O)[C@H](C)[C@@H](C)C(F)(F)F. The van der Waals surface area contributed by atoms with Gasteiger partial charge >= 0.3 is 12.1 Å². The van der Waals surface area contributed by atoms with E-state index in [9.17, 15) is 31.9 Å². The number of ether oxygens (including phenoxy) is 1. The number of hydrogen-bond acceptors (Lipinski definition) is 2. The molecule has 1 N–H and O–H groups in total. The fourth-order valence-corrected chi connectivity index (χ4v) is 2.10. The van der Waals surface area contributed by atoms with Gasteiger partial charge in [0.1, 0.15) is 5.75 Å². The third-order valence-electron chi connectivity index (χ3n) is 3.59. The monoisotopic (exact) mass is 329 g/mol. The molecule has 0 saturated carbocycles. The molecule has 124 valence electrons. The zero-order valence-electron chi connectivity index (χ0n) is 14.5. The molecule has 0 fully saturated rings. The van der Waals surface area contributed by atoms with E-state index in [2.05, 4.69) is 4.74 Å². The first-order chi connectivity index (χ1) is 11.1. The Kier molecular flexibility index (Phi) is 4.07. The molecule has 0 amide bonds. The van der Waals surface area contributed by atoms with Crippen molar-refractivity contribution in [3.05, 3.63) is 29.3 Å². The van der Waals surface area contributed by atoms with E-state index in [-0.39, 0.29) is 0 Å². The maximum absolute atomic E-state index is 13.5. The van der Waals surface area contributed by atoms with Crippen LogP contribution in [0.3, 0.4) is 0 Å². The zero-order chi connectivity index (χ0) is 19.7. The molecular formula is C14H15F5O3. The van der Waals surface area contributed by atoms with Crippen LogP contribution < -0.4 is 4.74 Å². The Morgan fingerprint density at radius 1 is 1.27 bits per heavy atom. The first-order valence-electron chi connectivity index (χ1n) is 7.62. The van der Waals surface area contributed by atoms with Crippen molar-refractivity contribution >= 4 is 5.97 Å². The number of methoxy groups -OCH3 is 1. The quantitative estimate of drug-likeness (QED) is 0.831. The number of hydrogen-bond donors (Lipinski definition) is 1. The minimum absolute atomic E-state index is 0.304. The number of aliphatic carboxylic acids is 1. The number of halogens is 5. The van der Waals surface area contributed by atoms with E-state index >= 15 is 0 Å². The van der Waals surface area contributed by atoms with Crippen LogP contribution in [-0.4, -0.2) is 24.3 Å². The number of carbonyl (C=O) groups is 1. The van der Waals surface area contributed by atoms with E-state index in [1.54, 1.807) is 0 Å². The van der Waals surface area contributed by atoms with Gasteiger partial charge in [-0.05, 0) is 12.0 Å². The van der Waals surface area contributed by atoms with Crippen molar-refractivity contribution in [2.24, 2.45) is 11.8 Å². The summed E-state index contributed by atoms with van der Waals surface area (Å²) in [5.41, 5.74) is -0.689. The summed E-state index contributed by atoms with van der Waals surface area (Å²) >= 11 is 0. The second kappa shape index (κ2) is 6.50. The summed E-state index contributed by atoms with van der Waals surface area (Å²) in [5, 5.41) is 9.31. The summed E-state index contributed by atoms with van der Waals surface area (Å²) in [5.74, 6) is -11.4. The van der Waals surface area contributed by atoms with Crippen LogP contribution >= 0.6 is 0 Å². The molecule has 0 bridgehead atoms. The van der Waals surface area contributed by atoms with Gasteiger partial charge in [-0.1, -0.05) is 13.8 Å². The highest BCUT2D eigenvalue weighted by atomic mass is 19.4. The number of carboxylic acids is 1. The Morgan fingerprint density at radius 2 is 1.82 bits per heavy atom. The third-order valence-corrected chi connectivity index (χ3v) is 3.59. The Balaban J connectivity index is 3.50. The lowest BCUT2D eigenvalue weighted by Gasteiger charge is -2.28. The van der Waals surface area contributed by atoms with Crippen molar-refractivity contribution in [3.8, 4) is 5.75 Å². The minimum atomic E-state index is -4.74. The molecule has 1 aromatic rings. The Labute approximate surface area is 127 Å². The average Bonchev–Trinajstić information content (AvgIpc) is 2.40. The van der Waals surface area contributed by atoms with Gasteiger partial charge < -0.3 is 9.84 Å². The van der Waals surface area contributed by atoms with Gasteiger partial charge in [-0.3, -0.25) is 4.79 Å². The van der Waals surface area contributed by atoms with Crippen molar-refractivity contribution in [1.29, 1.82) is 0 Å². The lowest BCUT2D eigenvalue weighted by atomic mass is 9.79. The van der Waals surface area contributed by atoms with Crippen molar-refractivity contribution in [2.75, 3.05) is 7.04 Å². The van der Waals surface area contributed by atoms with Crippen LogP contribution in [-0.2, 0) is 4.79 Å². The molecule has 22 heavy (non-hydrogen) atoms. The molecule has 0 unspecified atom stereocenters. The Bertz CT molecular complexity index is 646. The Hall–Kier alpha value is -1.86. The molecule has 0 heterocycles. The summed E-state index contributed by atoms with van der Waals surface area (Å²) < 4.78 is 91.1. The predicted molar refractivity (Wildman–Crippen MR) is 67.7 cm³/mol. The Morgan fingerprint density at radius 3 is 2.27 bits per heavy atom. The largest absolute Gasteiger partial charge is 0.496 e. The van der Waals surface area contributed by atoms with E-state index in [0.717, 1.165) is 13.8 Å². The van der Waals surface area contributed by atoms with Crippen LogP contribution in [0.2, 0.25) is 0 Å². The van der Waals surface area contributed by atoms with Crippen molar-refractivity contribution in [1.82, 2.24) is 0 Å². The summed E-state index contributed by atoms with van der Waals surface area (Å²) in [6, 6.07) is 0.646. The highest BCUT2D eigenvalue weighted by Gasteiger charge is 2.45. The van der Waals surface area contributed by atoms with Crippen LogP contribution in [0.4, 0.5) is 22.0 Å². The maximum Gasteiger partial charge on any atom is 0.391 e. The lowest BCUT2D eigenvalue weighted by Crippen LogP contribution is -2.33. The molecule has 0 spiro atoms. The molecule has 0 radical (unpaired) electrons. The van der Waals surface area contributed by atoms with Crippen molar-refractivity contribution < 1.29 is 40.7 Å². The van der Waals surface area contributed by atoms with Crippen molar-refractivity contribution in [3.63, 3.8) is 0 Å². The fourth-order valence-electron chi connectivity index (χ4n) is 2.10. The van der Waals surface area contributed by atoms with Crippen LogP contribution in [0.15, 0.2) is 12.1 Å². The second-order valence-electron chi connectivity index (χ2n) is 4.91. The van der Waals surface area contributed by atoms with E-state index in [1.165, 1.54) is 0 Å². The van der Waals surface area contributed by atoms with Crippen LogP contribution in [0, 0.1) is 23.5 Å². The second-order valence-corrected chi connectivity index (χ2v) is 4.91. The third kappa shape index (κ3) is 3.66. The van der Waals surface area contributed by atoms with Crippen LogP contribution in [0.25, 0.3) is 0 Å². The summed E-state index contributed by atoms with van der Waals surface area (Å²) in [7, 11) is -3.14. The molecule has 0 aliphatic carbocycles. The van der Waals surface area contributed by atoms with Gasteiger partial charge in [-0.25, -0.2) is 8.78 Å². The van der Waals surface area contributed by atoms with Gasteiger partial charge in [0.25, 0.3) is 0 Å². The molecule has 0 aliphatic rings. The zero-order valence-corrected chi connectivity index (χ0v) is 11.5. The van der Waals surface area contributed by atoms with Gasteiger partial charge in [-0.2, -0.15) is 13.2 Å². The number of benzene rings is 1. The van der Waals surface area contributed by atoms with E-state index in [0.29, 0.717) is 12.1 Å². The average molecular weight is 329 g/mol. The normalized spacial score (nSPS) is 18.6. The first-order valence-corrected chi connectivity index (χ1v) is 6.12. The molecule has 1 aromatic carbocycles. The molecule has 3 nitrogen and oxygen atoms in total.